The van der Waals surface area contributed by atoms with Crippen LogP contribution >= 0.6 is 15.9 Å². The minimum absolute atomic E-state index is 0.139. The van der Waals surface area contributed by atoms with Gasteiger partial charge in [0.25, 0.3) is 0 Å². The van der Waals surface area contributed by atoms with Crippen LogP contribution in [0.2, 0.25) is 0 Å². The number of methoxy groups -OCH3 is 2. The van der Waals surface area contributed by atoms with E-state index in [-0.39, 0.29) is 5.75 Å². The lowest BCUT2D eigenvalue weighted by molar-refractivity contribution is 0.373. The number of phenols is 1. The van der Waals surface area contributed by atoms with Gasteiger partial charge in [-0.1, -0.05) is 22.0 Å². The van der Waals surface area contributed by atoms with E-state index in [9.17, 15) is 5.11 Å². The SMILES string of the molecule is COc1cc(Br)cc(NCc2ccc(O)c(OC)c2)c1. The molecule has 20 heavy (non-hydrogen) atoms. The minimum Gasteiger partial charge on any atom is -0.504 e. The van der Waals surface area contributed by atoms with E-state index in [1.54, 1.807) is 19.2 Å². The molecule has 2 rings (SSSR count). The van der Waals surface area contributed by atoms with Crippen LogP contribution in [0.25, 0.3) is 0 Å². The molecule has 0 aliphatic rings. The highest BCUT2D eigenvalue weighted by atomic mass is 79.9. The van der Waals surface area contributed by atoms with Gasteiger partial charge in [0, 0.05) is 22.8 Å². The van der Waals surface area contributed by atoms with Crippen LogP contribution in [0.15, 0.2) is 40.9 Å². The fraction of sp³-hybridized carbons (Fsp3) is 0.200. The van der Waals surface area contributed by atoms with Gasteiger partial charge < -0.3 is 19.9 Å². The molecule has 0 amide bonds. The molecule has 0 aliphatic carbocycles. The first kappa shape index (κ1) is 14.5. The predicted molar refractivity (Wildman–Crippen MR) is 82.7 cm³/mol. The molecule has 0 radical (unpaired) electrons. The van der Waals surface area contributed by atoms with Gasteiger partial charge in [-0.3, -0.25) is 0 Å². The number of hydrogen-bond acceptors (Lipinski definition) is 4. The maximum atomic E-state index is 9.56. The second kappa shape index (κ2) is 6.52. The Labute approximate surface area is 126 Å². The van der Waals surface area contributed by atoms with E-state index in [4.69, 9.17) is 9.47 Å². The molecule has 0 bridgehead atoms. The van der Waals surface area contributed by atoms with Crippen LogP contribution in [-0.4, -0.2) is 19.3 Å². The van der Waals surface area contributed by atoms with E-state index in [2.05, 4.69) is 21.2 Å². The summed E-state index contributed by atoms with van der Waals surface area (Å²) in [4.78, 5) is 0. The number of nitrogens with one attached hydrogen (secondary N) is 1. The van der Waals surface area contributed by atoms with E-state index in [0.717, 1.165) is 21.5 Å². The average molecular weight is 338 g/mol. The summed E-state index contributed by atoms with van der Waals surface area (Å²) in [6, 6.07) is 11.1. The topological polar surface area (TPSA) is 50.7 Å². The van der Waals surface area contributed by atoms with E-state index < -0.39 is 0 Å². The Morgan fingerprint density at radius 1 is 1.10 bits per heavy atom. The number of hydrogen-bond donors (Lipinski definition) is 2. The Morgan fingerprint density at radius 2 is 1.90 bits per heavy atom. The molecule has 0 fully saturated rings. The molecular formula is C15H16BrNO3. The Kier molecular flexibility index (Phi) is 4.74. The highest BCUT2D eigenvalue weighted by molar-refractivity contribution is 9.10. The van der Waals surface area contributed by atoms with Crippen LogP contribution in [0, 0.1) is 0 Å². The molecule has 2 aromatic carbocycles. The number of phenolic OH excluding ortho intramolecular Hbond substituents is 1. The normalized spacial score (nSPS) is 10.2. The smallest absolute Gasteiger partial charge is 0.160 e. The van der Waals surface area contributed by atoms with E-state index in [1.807, 2.05) is 24.3 Å². The van der Waals surface area contributed by atoms with Gasteiger partial charge in [-0.25, -0.2) is 0 Å². The quantitative estimate of drug-likeness (QED) is 0.871. The summed E-state index contributed by atoms with van der Waals surface area (Å²) in [6.45, 7) is 0.621. The van der Waals surface area contributed by atoms with Crippen molar-refractivity contribution in [2.45, 2.75) is 6.54 Å². The molecule has 106 valence electrons. The third kappa shape index (κ3) is 3.57. The van der Waals surface area contributed by atoms with Gasteiger partial charge in [0.1, 0.15) is 5.75 Å². The number of halogens is 1. The zero-order valence-corrected chi connectivity index (χ0v) is 12.9. The lowest BCUT2D eigenvalue weighted by Gasteiger charge is -2.10. The van der Waals surface area contributed by atoms with Crippen molar-refractivity contribution in [1.29, 1.82) is 0 Å². The van der Waals surface area contributed by atoms with Crippen LogP contribution in [-0.2, 0) is 6.54 Å². The van der Waals surface area contributed by atoms with E-state index in [0.29, 0.717) is 12.3 Å². The molecular weight excluding hydrogens is 322 g/mol. The van der Waals surface area contributed by atoms with Crippen molar-refractivity contribution in [3.8, 4) is 17.2 Å². The molecule has 0 unspecified atom stereocenters. The number of anilines is 1. The Hall–Kier alpha value is -1.88. The second-order valence-electron chi connectivity index (χ2n) is 4.24. The van der Waals surface area contributed by atoms with Crippen molar-refractivity contribution in [2.24, 2.45) is 0 Å². The summed E-state index contributed by atoms with van der Waals surface area (Å²) in [7, 11) is 3.17. The van der Waals surface area contributed by atoms with E-state index in [1.165, 1.54) is 7.11 Å². The van der Waals surface area contributed by atoms with Crippen LogP contribution < -0.4 is 14.8 Å². The second-order valence-corrected chi connectivity index (χ2v) is 5.16. The molecule has 2 N–H and O–H groups in total. The number of benzene rings is 2. The zero-order chi connectivity index (χ0) is 14.5. The van der Waals surface area contributed by atoms with Gasteiger partial charge in [0.2, 0.25) is 0 Å². The number of ether oxygens (including phenoxy) is 2. The Bertz CT molecular complexity index is 602. The molecule has 0 heterocycles. The van der Waals surface area contributed by atoms with Gasteiger partial charge in [0.15, 0.2) is 11.5 Å². The summed E-state index contributed by atoms with van der Waals surface area (Å²) < 4.78 is 11.3. The first-order chi connectivity index (χ1) is 9.62. The Morgan fingerprint density at radius 3 is 2.60 bits per heavy atom. The number of aromatic hydroxyl groups is 1. The summed E-state index contributed by atoms with van der Waals surface area (Å²) in [5.41, 5.74) is 1.96. The van der Waals surface area contributed by atoms with Gasteiger partial charge >= 0.3 is 0 Å². The highest BCUT2D eigenvalue weighted by Gasteiger charge is 2.04. The summed E-state index contributed by atoms with van der Waals surface area (Å²) >= 11 is 3.44. The highest BCUT2D eigenvalue weighted by Crippen LogP contribution is 2.28. The maximum absolute atomic E-state index is 9.56. The maximum Gasteiger partial charge on any atom is 0.160 e. The van der Waals surface area contributed by atoms with Crippen molar-refractivity contribution in [2.75, 3.05) is 19.5 Å². The standard InChI is InChI=1S/C15H16BrNO3/c1-19-13-7-11(16)6-12(8-13)17-9-10-3-4-14(18)15(5-10)20-2/h3-8,17-18H,9H2,1-2H3. The molecule has 0 saturated heterocycles. The molecule has 5 heteroatoms. The minimum atomic E-state index is 0.139. The average Bonchev–Trinajstić information content (AvgIpc) is 2.45. The van der Waals surface area contributed by atoms with Crippen LogP contribution in [0.5, 0.6) is 17.2 Å². The van der Waals surface area contributed by atoms with E-state index >= 15 is 0 Å². The summed E-state index contributed by atoms with van der Waals surface area (Å²) in [5, 5.41) is 12.9. The lowest BCUT2D eigenvalue weighted by atomic mass is 10.2. The monoisotopic (exact) mass is 337 g/mol. The first-order valence-corrected chi connectivity index (χ1v) is 6.86. The van der Waals surface area contributed by atoms with Crippen molar-refractivity contribution in [3.63, 3.8) is 0 Å². The molecule has 0 aliphatic heterocycles. The first-order valence-electron chi connectivity index (χ1n) is 6.06. The van der Waals surface area contributed by atoms with Crippen molar-refractivity contribution in [3.05, 3.63) is 46.4 Å². The van der Waals surface area contributed by atoms with Crippen LogP contribution in [0.3, 0.4) is 0 Å². The third-order valence-corrected chi connectivity index (χ3v) is 3.31. The molecule has 2 aromatic rings. The van der Waals surface area contributed by atoms with Crippen molar-refractivity contribution in [1.82, 2.24) is 0 Å². The molecule has 0 atom stereocenters. The summed E-state index contributed by atoms with van der Waals surface area (Å²) in [5.74, 6) is 1.39. The van der Waals surface area contributed by atoms with Gasteiger partial charge in [-0.2, -0.15) is 0 Å². The van der Waals surface area contributed by atoms with Gasteiger partial charge in [-0.15, -0.1) is 0 Å². The fourth-order valence-electron chi connectivity index (χ4n) is 1.82. The largest absolute Gasteiger partial charge is 0.504 e. The molecule has 4 nitrogen and oxygen atoms in total. The Balaban J connectivity index is 2.10. The molecule has 0 spiro atoms. The third-order valence-electron chi connectivity index (χ3n) is 2.85. The zero-order valence-electron chi connectivity index (χ0n) is 11.3. The van der Waals surface area contributed by atoms with Crippen molar-refractivity contribution < 1.29 is 14.6 Å². The van der Waals surface area contributed by atoms with Crippen LogP contribution in [0.1, 0.15) is 5.56 Å². The molecule has 0 saturated carbocycles. The van der Waals surface area contributed by atoms with Crippen molar-refractivity contribution >= 4 is 21.6 Å². The van der Waals surface area contributed by atoms with Gasteiger partial charge in [-0.05, 0) is 29.8 Å². The fourth-order valence-corrected chi connectivity index (χ4v) is 2.29. The summed E-state index contributed by atoms with van der Waals surface area (Å²) in [6.07, 6.45) is 0. The number of rotatable bonds is 5. The lowest BCUT2D eigenvalue weighted by Crippen LogP contribution is -2.00. The molecule has 0 aromatic heterocycles. The van der Waals surface area contributed by atoms with Gasteiger partial charge in [0.05, 0.1) is 14.2 Å². The predicted octanol–water partition coefficient (Wildman–Crippen LogP) is 3.78. The van der Waals surface area contributed by atoms with Crippen LogP contribution in [0.4, 0.5) is 5.69 Å².